The third-order valence-electron chi connectivity index (χ3n) is 5.54. The number of fused-ring (bicyclic) bond motifs is 3. The molecular formula is C22H23F3O3. The van der Waals surface area contributed by atoms with Crippen LogP contribution in [-0.2, 0) is 33.0 Å². The molecule has 0 unspecified atom stereocenters. The molecule has 5 rings (SSSR count). The molecule has 0 N–H and O–H groups in total. The molecule has 2 aromatic carbocycles. The van der Waals surface area contributed by atoms with Gasteiger partial charge in [-0.25, -0.2) is 13.2 Å². The van der Waals surface area contributed by atoms with Gasteiger partial charge in [-0.3, -0.25) is 0 Å². The first-order chi connectivity index (χ1) is 13.5. The summed E-state index contributed by atoms with van der Waals surface area (Å²) in [5.74, 6) is -4.90. The standard InChI is InChI=1S/C22H23F3O3/c1-2-9-21-12-26-22(27-13-21,28-14-21)17-7-5-15(6-8-17)3-4-16-10-18(23)20(25)19(24)11-16/h5-8,10-11H,2-4,9,12-14H2,1H3. The van der Waals surface area contributed by atoms with Crippen LogP contribution in [0.4, 0.5) is 13.2 Å². The summed E-state index contributed by atoms with van der Waals surface area (Å²) < 4.78 is 57.6. The summed E-state index contributed by atoms with van der Waals surface area (Å²) in [4.78, 5) is 0. The molecule has 3 aliphatic heterocycles. The Morgan fingerprint density at radius 3 is 1.89 bits per heavy atom. The SMILES string of the molecule is CCCC12COC(c3ccc(CCc4cc(F)c(F)c(F)c4)cc3)(OC1)OC2. The summed E-state index contributed by atoms with van der Waals surface area (Å²) in [6.07, 6.45) is 3.04. The van der Waals surface area contributed by atoms with Crippen LogP contribution in [0.15, 0.2) is 36.4 Å². The average molecular weight is 392 g/mol. The van der Waals surface area contributed by atoms with Gasteiger partial charge in [0.05, 0.1) is 19.8 Å². The lowest BCUT2D eigenvalue weighted by atomic mass is 9.83. The van der Waals surface area contributed by atoms with Crippen molar-refractivity contribution in [3.05, 3.63) is 70.5 Å². The van der Waals surface area contributed by atoms with E-state index in [-0.39, 0.29) is 5.41 Å². The highest BCUT2D eigenvalue weighted by molar-refractivity contribution is 5.27. The van der Waals surface area contributed by atoms with E-state index in [0.717, 1.165) is 36.1 Å². The lowest BCUT2D eigenvalue weighted by Crippen LogP contribution is -2.58. The smallest absolute Gasteiger partial charge is 0.312 e. The number of hydrogen-bond acceptors (Lipinski definition) is 3. The molecule has 3 aliphatic rings. The molecule has 150 valence electrons. The first-order valence-corrected chi connectivity index (χ1v) is 9.60. The second-order valence-electron chi connectivity index (χ2n) is 7.74. The molecule has 28 heavy (non-hydrogen) atoms. The van der Waals surface area contributed by atoms with Crippen LogP contribution in [0.25, 0.3) is 0 Å². The fourth-order valence-corrected chi connectivity index (χ4v) is 3.91. The van der Waals surface area contributed by atoms with E-state index >= 15 is 0 Å². The minimum atomic E-state index is -1.43. The maximum Gasteiger partial charge on any atom is 0.312 e. The second-order valence-corrected chi connectivity index (χ2v) is 7.74. The van der Waals surface area contributed by atoms with Crippen LogP contribution in [0.3, 0.4) is 0 Å². The van der Waals surface area contributed by atoms with Gasteiger partial charge in [0.2, 0.25) is 0 Å². The Bertz CT molecular complexity index is 803. The first-order valence-electron chi connectivity index (χ1n) is 9.60. The molecule has 3 fully saturated rings. The maximum atomic E-state index is 13.3. The van der Waals surface area contributed by atoms with Crippen molar-refractivity contribution in [2.24, 2.45) is 5.41 Å². The lowest BCUT2D eigenvalue weighted by molar-refractivity contribution is -0.480. The molecule has 2 bridgehead atoms. The summed E-state index contributed by atoms with van der Waals surface area (Å²) in [5, 5.41) is 0. The molecular weight excluding hydrogens is 369 g/mol. The molecule has 0 radical (unpaired) electrons. The van der Waals surface area contributed by atoms with E-state index in [1.165, 1.54) is 0 Å². The zero-order valence-electron chi connectivity index (χ0n) is 15.8. The van der Waals surface area contributed by atoms with Crippen LogP contribution >= 0.6 is 0 Å². The van der Waals surface area contributed by atoms with Gasteiger partial charge in [0.25, 0.3) is 0 Å². The largest absolute Gasteiger partial charge is 0.323 e. The van der Waals surface area contributed by atoms with Gasteiger partial charge in [-0.2, -0.15) is 0 Å². The van der Waals surface area contributed by atoms with E-state index in [1.54, 1.807) is 0 Å². The van der Waals surface area contributed by atoms with E-state index in [1.807, 2.05) is 24.3 Å². The van der Waals surface area contributed by atoms with E-state index in [2.05, 4.69) is 6.92 Å². The van der Waals surface area contributed by atoms with Crippen LogP contribution in [0.2, 0.25) is 0 Å². The highest BCUT2D eigenvalue weighted by atomic mass is 19.2. The van der Waals surface area contributed by atoms with Crippen molar-refractivity contribution in [1.82, 2.24) is 0 Å². The molecule has 0 amide bonds. The van der Waals surface area contributed by atoms with Crippen molar-refractivity contribution in [2.45, 2.75) is 38.6 Å². The Kier molecular flexibility index (Phi) is 5.21. The molecule has 0 atom stereocenters. The summed E-state index contributed by atoms with van der Waals surface area (Å²) in [5.41, 5.74) is 2.15. The average Bonchev–Trinajstić information content (AvgIpc) is 2.72. The summed E-state index contributed by atoms with van der Waals surface area (Å²) in [7, 11) is 0. The molecule has 3 heterocycles. The Morgan fingerprint density at radius 1 is 0.821 bits per heavy atom. The van der Waals surface area contributed by atoms with Gasteiger partial charge in [-0.1, -0.05) is 37.6 Å². The molecule has 6 heteroatoms. The Morgan fingerprint density at radius 2 is 1.36 bits per heavy atom. The number of rotatable bonds is 6. The highest BCUT2D eigenvalue weighted by Gasteiger charge is 2.53. The number of halogens is 3. The predicted molar refractivity (Wildman–Crippen MR) is 97.0 cm³/mol. The zero-order valence-corrected chi connectivity index (χ0v) is 15.8. The fraction of sp³-hybridized carbons (Fsp3) is 0.455. The molecule has 2 aromatic rings. The highest BCUT2D eigenvalue weighted by Crippen LogP contribution is 2.46. The Balaban J connectivity index is 1.41. The van der Waals surface area contributed by atoms with E-state index in [4.69, 9.17) is 14.2 Å². The summed E-state index contributed by atoms with van der Waals surface area (Å²) >= 11 is 0. The number of benzene rings is 2. The predicted octanol–water partition coefficient (Wildman–Crippen LogP) is 4.86. The van der Waals surface area contributed by atoms with Gasteiger partial charge in [0.1, 0.15) is 0 Å². The molecule has 3 nitrogen and oxygen atoms in total. The lowest BCUT2D eigenvalue weighted by Gasteiger charge is -2.51. The third kappa shape index (κ3) is 3.56. The van der Waals surface area contributed by atoms with Gasteiger partial charge >= 0.3 is 5.97 Å². The van der Waals surface area contributed by atoms with Crippen molar-refractivity contribution in [1.29, 1.82) is 0 Å². The molecule has 0 aliphatic carbocycles. The monoisotopic (exact) mass is 392 g/mol. The Hall–Kier alpha value is -1.89. The van der Waals surface area contributed by atoms with Crippen LogP contribution in [0, 0.1) is 22.9 Å². The van der Waals surface area contributed by atoms with E-state index in [0.29, 0.717) is 38.2 Å². The zero-order chi connectivity index (χ0) is 19.8. The van der Waals surface area contributed by atoms with Crippen LogP contribution in [0.1, 0.15) is 36.5 Å². The molecule has 0 saturated carbocycles. The van der Waals surface area contributed by atoms with Gasteiger partial charge in [0, 0.05) is 11.0 Å². The van der Waals surface area contributed by atoms with Crippen molar-refractivity contribution >= 4 is 0 Å². The van der Waals surface area contributed by atoms with Gasteiger partial charge in [-0.15, -0.1) is 0 Å². The Labute approximate surface area is 162 Å². The minimum absolute atomic E-state index is 0.0455. The molecule has 0 aromatic heterocycles. The number of hydrogen-bond donors (Lipinski definition) is 0. The summed E-state index contributed by atoms with van der Waals surface area (Å²) in [6, 6.07) is 9.68. The second kappa shape index (κ2) is 7.50. The van der Waals surface area contributed by atoms with Crippen molar-refractivity contribution < 1.29 is 27.4 Å². The van der Waals surface area contributed by atoms with Gasteiger partial charge < -0.3 is 14.2 Å². The van der Waals surface area contributed by atoms with Crippen LogP contribution in [-0.4, -0.2) is 19.8 Å². The van der Waals surface area contributed by atoms with Crippen molar-refractivity contribution in [3.8, 4) is 0 Å². The van der Waals surface area contributed by atoms with Crippen molar-refractivity contribution in [2.75, 3.05) is 19.8 Å². The maximum absolute atomic E-state index is 13.3. The number of aryl methyl sites for hydroxylation is 2. The third-order valence-corrected chi connectivity index (χ3v) is 5.54. The van der Waals surface area contributed by atoms with E-state index < -0.39 is 23.4 Å². The van der Waals surface area contributed by atoms with Gasteiger partial charge in [-0.05, 0) is 42.5 Å². The van der Waals surface area contributed by atoms with Gasteiger partial charge in [0.15, 0.2) is 17.5 Å². The normalized spacial score (nSPS) is 26.6. The summed E-state index contributed by atoms with van der Waals surface area (Å²) in [6.45, 7) is 3.98. The molecule has 3 saturated heterocycles. The van der Waals surface area contributed by atoms with E-state index in [9.17, 15) is 13.2 Å². The van der Waals surface area contributed by atoms with Crippen LogP contribution < -0.4 is 0 Å². The molecule has 0 spiro atoms. The topological polar surface area (TPSA) is 27.7 Å². The first kappa shape index (κ1) is 19.4. The fourth-order valence-electron chi connectivity index (χ4n) is 3.91. The minimum Gasteiger partial charge on any atom is -0.323 e. The van der Waals surface area contributed by atoms with Crippen LogP contribution in [0.5, 0.6) is 0 Å². The quantitative estimate of drug-likeness (QED) is 0.657. The van der Waals surface area contributed by atoms with Crippen molar-refractivity contribution in [3.63, 3.8) is 0 Å². The number of ether oxygens (including phenoxy) is 3.